The van der Waals surface area contributed by atoms with E-state index in [1.54, 1.807) is 19.1 Å². The minimum Gasteiger partial charge on any atom is -0.488 e. The van der Waals surface area contributed by atoms with E-state index in [-0.39, 0.29) is 17.5 Å². The summed E-state index contributed by atoms with van der Waals surface area (Å²) in [6.45, 7) is 2.37. The molecule has 2 rings (SSSR count). The highest BCUT2D eigenvalue weighted by atomic mass is 32.2. The van der Waals surface area contributed by atoms with Crippen LogP contribution in [0.1, 0.15) is 18.9 Å². The number of nitrogens with one attached hydrogen (secondary N) is 2. The van der Waals surface area contributed by atoms with Crippen LogP contribution in [0.25, 0.3) is 0 Å². The zero-order valence-corrected chi connectivity index (χ0v) is 12.4. The number of amides is 1. The predicted molar refractivity (Wildman–Crippen MR) is 76.1 cm³/mol. The molecule has 8 heteroatoms. The van der Waals surface area contributed by atoms with E-state index in [0.717, 1.165) is 5.56 Å². The van der Waals surface area contributed by atoms with Crippen LogP contribution in [-0.4, -0.2) is 38.8 Å². The van der Waals surface area contributed by atoms with Crippen molar-refractivity contribution in [3.05, 3.63) is 23.8 Å². The van der Waals surface area contributed by atoms with Crippen molar-refractivity contribution in [2.24, 2.45) is 0 Å². The Labute approximate surface area is 123 Å². The second kappa shape index (κ2) is 6.31. The van der Waals surface area contributed by atoms with Crippen LogP contribution in [0, 0.1) is 0 Å². The summed E-state index contributed by atoms with van der Waals surface area (Å²) in [5.41, 5.74) is 0.908. The minimum absolute atomic E-state index is 0.138. The highest BCUT2D eigenvalue weighted by Crippen LogP contribution is 2.28. The number of benzene rings is 1. The first-order valence-electron chi connectivity index (χ1n) is 6.64. The Morgan fingerprint density at radius 2 is 2.29 bits per heavy atom. The smallest absolute Gasteiger partial charge is 0.404 e. The van der Waals surface area contributed by atoms with E-state index >= 15 is 0 Å². The summed E-state index contributed by atoms with van der Waals surface area (Å²) in [6.07, 6.45) is -0.0269. The van der Waals surface area contributed by atoms with Crippen molar-refractivity contribution in [3.63, 3.8) is 0 Å². The van der Waals surface area contributed by atoms with Crippen molar-refractivity contribution in [3.8, 4) is 5.75 Å². The van der Waals surface area contributed by atoms with Crippen molar-refractivity contribution < 1.29 is 23.1 Å². The summed E-state index contributed by atoms with van der Waals surface area (Å²) in [4.78, 5) is 10.5. The lowest BCUT2D eigenvalue weighted by Crippen LogP contribution is -2.29. The number of sulfonamides is 1. The quantitative estimate of drug-likeness (QED) is 0.718. The highest BCUT2D eigenvalue weighted by Gasteiger charge is 2.25. The number of carboxylic acid groups (broad SMARTS) is 1. The zero-order chi connectivity index (χ0) is 15.5. The molecule has 0 unspecified atom stereocenters. The normalized spacial score (nSPS) is 20.0. The Kier molecular flexibility index (Phi) is 4.69. The van der Waals surface area contributed by atoms with Crippen molar-refractivity contribution in [2.45, 2.75) is 30.8 Å². The zero-order valence-electron chi connectivity index (χ0n) is 11.6. The number of rotatable bonds is 4. The van der Waals surface area contributed by atoms with Gasteiger partial charge in [-0.15, -0.1) is 0 Å². The Morgan fingerprint density at radius 1 is 1.52 bits per heavy atom. The molecule has 1 aliphatic heterocycles. The molecule has 1 aromatic carbocycles. The topological polar surface area (TPSA) is 105 Å². The highest BCUT2D eigenvalue weighted by molar-refractivity contribution is 7.89. The molecule has 1 amide bonds. The van der Waals surface area contributed by atoms with Gasteiger partial charge < -0.3 is 15.2 Å². The summed E-state index contributed by atoms with van der Waals surface area (Å²) in [7, 11) is -3.53. The molecule has 3 N–H and O–H groups in total. The first-order valence-corrected chi connectivity index (χ1v) is 8.13. The molecule has 0 radical (unpaired) electrons. The van der Waals surface area contributed by atoms with Crippen LogP contribution in [0.2, 0.25) is 0 Å². The van der Waals surface area contributed by atoms with E-state index in [4.69, 9.17) is 9.84 Å². The molecule has 1 aromatic rings. The summed E-state index contributed by atoms with van der Waals surface area (Å²) in [6, 6.07) is 4.95. The molecule has 21 heavy (non-hydrogen) atoms. The van der Waals surface area contributed by atoms with E-state index in [1.807, 2.05) is 0 Å². The summed E-state index contributed by atoms with van der Waals surface area (Å²) in [5.74, 6) is 0.344. The molecule has 7 nitrogen and oxygen atoms in total. The number of ether oxygens (including phenoxy) is 1. The maximum atomic E-state index is 12.0. The molecule has 0 aromatic heterocycles. The van der Waals surface area contributed by atoms with Crippen LogP contribution in [0.5, 0.6) is 5.75 Å². The number of aryl methyl sites for hydroxylation is 1. The van der Waals surface area contributed by atoms with Gasteiger partial charge in [0.15, 0.2) is 0 Å². The average Bonchev–Trinajstić information content (AvgIpc) is 2.51. The lowest BCUT2D eigenvalue weighted by atomic mass is 10.1. The van der Waals surface area contributed by atoms with Gasteiger partial charge in [-0.25, -0.2) is 17.9 Å². The van der Waals surface area contributed by atoms with E-state index < -0.39 is 16.1 Å². The predicted octanol–water partition coefficient (Wildman–Crippen LogP) is 0.946. The molecule has 0 saturated carbocycles. The maximum absolute atomic E-state index is 12.0. The first-order chi connectivity index (χ1) is 9.88. The van der Waals surface area contributed by atoms with Gasteiger partial charge in [0, 0.05) is 13.1 Å². The van der Waals surface area contributed by atoms with Crippen LogP contribution < -0.4 is 14.8 Å². The Hall–Kier alpha value is -1.80. The number of carbonyl (C=O) groups is 1. The molecular formula is C13H18N2O5S. The van der Waals surface area contributed by atoms with Gasteiger partial charge in [0.05, 0.1) is 0 Å². The molecule has 1 aliphatic rings. The lowest BCUT2D eigenvalue weighted by Gasteiger charge is -2.12. The molecule has 1 atom stereocenters. The molecule has 0 spiro atoms. The van der Waals surface area contributed by atoms with Crippen LogP contribution in [0.4, 0.5) is 4.79 Å². The fourth-order valence-electron chi connectivity index (χ4n) is 2.07. The van der Waals surface area contributed by atoms with Gasteiger partial charge in [0.25, 0.3) is 0 Å². The van der Waals surface area contributed by atoms with Crippen LogP contribution in [-0.2, 0) is 16.4 Å². The number of fused-ring (bicyclic) bond motifs is 1. The van der Waals surface area contributed by atoms with Gasteiger partial charge in [-0.2, -0.15) is 0 Å². The Bertz CT molecular complexity index is 629. The third kappa shape index (κ3) is 4.08. The van der Waals surface area contributed by atoms with Crippen molar-refractivity contribution >= 4 is 16.1 Å². The minimum atomic E-state index is -3.53. The van der Waals surface area contributed by atoms with E-state index in [9.17, 15) is 13.2 Å². The molecular weight excluding hydrogens is 296 g/mol. The van der Waals surface area contributed by atoms with Gasteiger partial charge in [-0.05, 0) is 37.5 Å². The summed E-state index contributed by atoms with van der Waals surface area (Å²) >= 11 is 0. The van der Waals surface area contributed by atoms with E-state index in [1.165, 1.54) is 6.07 Å². The van der Waals surface area contributed by atoms with Crippen molar-refractivity contribution in [1.29, 1.82) is 0 Å². The fourth-order valence-corrected chi connectivity index (χ4v) is 3.30. The Morgan fingerprint density at radius 3 is 3.00 bits per heavy atom. The largest absolute Gasteiger partial charge is 0.488 e. The van der Waals surface area contributed by atoms with Gasteiger partial charge in [0.1, 0.15) is 16.7 Å². The molecule has 1 heterocycles. The molecule has 0 bridgehead atoms. The monoisotopic (exact) mass is 314 g/mol. The van der Waals surface area contributed by atoms with Gasteiger partial charge in [-0.3, -0.25) is 0 Å². The summed E-state index contributed by atoms with van der Waals surface area (Å²) in [5, 5.41) is 10.8. The van der Waals surface area contributed by atoms with Crippen molar-refractivity contribution in [2.75, 3.05) is 13.1 Å². The first kappa shape index (κ1) is 15.6. The second-order valence-electron chi connectivity index (χ2n) is 4.90. The lowest BCUT2D eigenvalue weighted by molar-refractivity contribution is 0.194. The fraction of sp³-hybridized carbons (Fsp3) is 0.462. The van der Waals surface area contributed by atoms with Gasteiger partial charge in [-0.1, -0.05) is 6.07 Å². The van der Waals surface area contributed by atoms with Crippen LogP contribution >= 0.6 is 0 Å². The molecule has 0 saturated heterocycles. The molecule has 0 aliphatic carbocycles. The molecule has 0 fully saturated rings. The second-order valence-corrected chi connectivity index (χ2v) is 6.63. The third-order valence-corrected chi connectivity index (χ3v) is 4.57. The van der Waals surface area contributed by atoms with Crippen LogP contribution in [0.3, 0.4) is 0 Å². The average molecular weight is 314 g/mol. The molecule has 116 valence electrons. The SMILES string of the molecule is C[C@@H]1CNS(=O)(=O)c2ccc(CCCNC(=O)O)cc2O1. The van der Waals surface area contributed by atoms with E-state index in [0.29, 0.717) is 25.1 Å². The Balaban J connectivity index is 2.12. The van der Waals surface area contributed by atoms with Gasteiger partial charge >= 0.3 is 6.09 Å². The van der Waals surface area contributed by atoms with Crippen molar-refractivity contribution in [1.82, 2.24) is 10.0 Å². The number of hydrogen-bond acceptors (Lipinski definition) is 4. The third-order valence-electron chi connectivity index (χ3n) is 3.11. The van der Waals surface area contributed by atoms with E-state index in [2.05, 4.69) is 10.0 Å². The number of hydrogen-bond donors (Lipinski definition) is 3. The van der Waals surface area contributed by atoms with Gasteiger partial charge in [0.2, 0.25) is 10.0 Å². The van der Waals surface area contributed by atoms with Crippen LogP contribution in [0.15, 0.2) is 23.1 Å². The summed E-state index contributed by atoms with van der Waals surface area (Å²) < 4.78 is 32.1. The maximum Gasteiger partial charge on any atom is 0.404 e. The standard InChI is InChI=1S/C13H18N2O5S/c1-9-8-15-21(18,19)12-5-4-10(7-11(12)20-9)3-2-6-14-13(16)17/h4-5,7,9,14-15H,2-3,6,8H2,1H3,(H,16,17)/t9-/m1/s1.